The third-order valence-corrected chi connectivity index (χ3v) is 6.58. The van der Waals surface area contributed by atoms with Gasteiger partial charge in [0, 0.05) is 12.2 Å². The van der Waals surface area contributed by atoms with Crippen LogP contribution in [-0.4, -0.2) is 27.3 Å². The summed E-state index contributed by atoms with van der Waals surface area (Å²) in [7, 11) is 0. The number of hydrogen-bond acceptors (Lipinski definition) is 4. The molecule has 31 heavy (non-hydrogen) atoms. The largest absolute Gasteiger partial charge is 0.311 e. The van der Waals surface area contributed by atoms with Crippen LogP contribution in [0.3, 0.4) is 0 Å². The summed E-state index contributed by atoms with van der Waals surface area (Å²) in [5, 5.41) is 0.681. The number of rotatable bonds is 4. The Balaban J connectivity index is 1.54. The first-order chi connectivity index (χ1) is 15.1. The number of aromatic nitrogens is 2. The topological polar surface area (TPSA) is 55.2 Å². The fourth-order valence-electron chi connectivity index (χ4n) is 3.99. The fourth-order valence-corrected chi connectivity index (χ4v) is 4.98. The molecule has 0 fully saturated rings. The highest BCUT2D eigenvalue weighted by atomic mass is 32.2. The Bertz CT molecular complexity index is 1330. The number of thioether (sulfide) groups is 1. The van der Waals surface area contributed by atoms with E-state index in [0.29, 0.717) is 22.6 Å². The monoisotopic (exact) mass is 427 g/mol. The molecule has 0 unspecified atom stereocenters. The van der Waals surface area contributed by atoms with Gasteiger partial charge in [0.2, 0.25) is 5.91 Å². The minimum atomic E-state index is -0.394. The molecule has 1 aromatic heterocycles. The van der Waals surface area contributed by atoms with Gasteiger partial charge >= 0.3 is 0 Å². The number of hydrogen-bond donors (Lipinski definition) is 0. The molecule has 3 aromatic carbocycles. The van der Waals surface area contributed by atoms with Crippen LogP contribution in [0.4, 0.5) is 5.69 Å². The Morgan fingerprint density at radius 3 is 2.52 bits per heavy atom. The summed E-state index contributed by atoms with van der Waals surface area (Å²) in [5.74, 6) is 0.0250. The van der Waals surface area contributed by atoms with Gasteiger partial charge in [0.25, 0.3) is 5.56 Å². The van der Waals surface area contributed by atoms with E-state index in [1.807, 2.05) is 78.6 Å². The highest BCUT2D eigenvalue weighted by Crippen LogP contribution is 2.32. The maximum Gasteiger partial charge on any atom is 0.266 e. The van der Waals surface area contributed by atoms with Crippen LogP contribution < -0.4 is 10.5 Å². The van der Waals surface area contributed by atoms with Gasteiger partial charge < -0.3 is 4.90 Å². The van der Waals surface area contributed by atoms with E-state index in [9.17, 15) is 9.59 Å². The number of benzene rings is 3. The second kappa shape index (κ2) is 8.04. The molecule has 0 saturated carbocycles. The van der Waals surface area contributed by atoms with Crippen molar-refractivity contribution in [3.05, 3.63) is 94.8 Å². The zero-order valence-corrected chi connectivity index (χ0v) is 17.9. The van der Waals surface area contributed by atoms with Crippen molar-refractivity contribution in [3.63, 3.8) is 0 Å². The Kier molecular flexibility index (Phi) is 5.08. The van der Waals surface area contributed by atoms with Crippen LogP contribution in [0.15, 0.2) is 88.8 Å². The molecule has 1 aliphatic rings. The lowest BCUT2D eigenvalue weighted by atomic mass is 10.2. The molecule has 4 aromatic rings. The maximum atomic E-state index is 13.3. The zero-order valence-electron chi connectivity index (χ0n) is 17.1. The van der Waals surface area contributed by atoms with Crippen LogP contribution in [-0.2, 0) is 11.2 Å². The van der Waals surface area contributed by atoms with Gasteiger partial charge in [0.1, 0.15) is 0 Å². The first-order valence-electron chi connectivity index (χ1n) is 10.3. The summed E-state index contributed by atoms with van der Waals surface area (Å²) < 4.78 is 1.61. The van der Waals surface area contributed by atoms with Crippen molar-refractivity contribution in [2.45, 2.75) is 23.8 Å². The lowest BCUT2D eigenvalue weighted by Crippen LogP contribution is -2.35. The van der Waals surface area contributed by atoms with Crippen LogP contribution in [0, 0.1) is 0 Å². The predicted molar refractivity (Wildman–Crippen MR) is 125 cm³/mol. The van der Waals surface area contributed by atoms with E-state index < -0.39 is 5.25 Å². The van der Waals surface area contributed by atoms with Gasteiger partial charge in [-0.25, -0.2) is 4.98 Å². The van der Waals surface area contributed by atoms with Crippen molar-refractivity contribution in [3.8, 4) is 5.69 Å². The lowest BCUT2D eigenvalue weighted by molar-refractivity contribution is -0.117. The second-order valence-corrected chi connectivity index (χ2v) is 8.82. The summed E-state index contributed by atoms with van der Waals surface area (Å²) in [6, 6.07) is 24.8. The molecule has 1 aliphatic heterocycles. The third-order valence-electron chi connectivity index (χ3n) is 5.54. The summed E-state index contributed by atoms with van der Waals surface area (Å²) in [6.45, 7) is 2.56. The first kappa shape index (κ1) is 19.6. The molecule has 1 amide bonds. The van der Waals surface area contributed by atoms with Crippen LogP contribution in [0.25, 0.3) is 16.6 Å². The molecule has 6 heteroatoms. The highest BCUT2D eigenvalue weighted by molar-refractivity contribution is 8.00. The van der Waals surface area contributed by atoms with E-state index >= 15 is 0 Å². The number of amides is 1. The average molecular weight is 428 g/mol. The highest BCUT2D eigenvalue weighted by Gasteiger charge is 2.29. The molecule has 5 nitrogen and oxygen atoms in total. The van der Waals surface area contributed by atoms with Crippen molar-refractivity contribution >= 4 is 34.3 Å². The standard InChI is InChI=1S/C25H21N3O2S/c1-17(23(29)27-16-15-18-9-5-8-14-22(18)27)31-25-26-21-13-7-6-12-20(21)24(30)28(25)19-10-3-2-4-11-19/h2-14,17H,15-16H2,1H3/t17-/m1/s1. The van der Waals surface area contributed by atoms with Gasteiger partial charge in [-0.1, -0.05) is 60.3 Å². The molecule has 0 saturated heterocycles. The Morgan fingerprint density at radius 1 is 0.968 bits per heavy atom. The SMILES string of the molecule is C[C@@H](Sc1nc2ccccc2c(=O)n1-c1ccccc1)C(=O)N1CCc2ccccc21. The molecule has 2 heterocycles. The van der Waals surface area contributed by atoms with E-state index in [4.69, 9.17) is 4.98 Å². The summed E-state index contributed by atoms with van der Waals surface area (Å²) in [6.07, 6.45) is 0.863. The third kappa shape index (κ3) is 3.53. The van der Waals surface area contributed by atoms with Crippen molar-refractivity contribution in [1.82, 2.24) is 9.55 Å². The van der Waals surface area contributed by atoms with Crippen molar-refractivity contribution in [2.24, 2.45) is 0 Å². The van der Waals surface area contributed by atoms with E-state index in [-0.39, 0.29) is 11.5 Å². The summed E-state index contributed by atoms with van der Waals surface area (Å²) in [4.78, 5) is 33.2. The van der Waals surface area contributed by atoms with Gasteiger partial charge in [-0.05, 0) is 49.2 Å². The zero-order chi connectivity index (χ0) is 21.4. The summed E-state index contributed by atoms with van der Waals surface area (Å²) >= 11 is 1.32. The van der Waals surface area contributed by atoms with E-state index in [1.54, 1.807) is 10.6 Å². The Labute approximate surface area is 184 Å². The molecule has 1 atom stereocenters. The van der Waals surface area contributed by atoms with Crippen LogP contribution in [0.5, 0.6) is 0 Å². The Morgan fingerprint density at radius 2 is 1.68 bits per heavy atom. The van der Waals surface area contributed by atoms with Crippen LogP contribution in [0.1, 0.15) is 12.5 Å². The average Bonchev–Trinajstić information content (AvgIpc) is 3.23. The van der Waals surface area contributed by atoms with E-state index in [1.165, 1.54) is 17.3 Å². The quantitative estimate of drug-likeness (QED) is 0.357. The Hall–Kier alpha value is -3.38. The number of anilines is 1. The second-order valence-electron chi connectivity index (χ2n) is 7.52. The molecular formula is C25H21N3O2S. The van der Waals surface area contributed by atoms with Crippen molar-refractivity contribution < 1.29 is 4.79 Å². The van der Waals surface area contributed by atoms with E-state index in [2.05, 4.69) is 6.07 Å². The maximum absolute atomic E-state index is 13.3. The summed E-state index contributed by atoms with van der Waals surface area (Å²) in [5.41, 5.74) is 3.41. The lowest BCUT2D eigenvalue weighted by Gasteiger charge is -2.22. The molecule has 0 radical (unpaired) electrons. The number of carbonyl (C=O) groups is 1. The smallest absolute Gasteiger partial charge is 0.266 e. The molecular weight excluding hydrogens is 406 g/mol. The minimum Gasteiger partial charge on any atom is -0.311 e. The van der Waals surface area contributed by atoms with Gasteiger partial charge in [-0.2, -0.15) is 0 Å². The predicted octanol–water partition coefficient (Wildman–Crippen LogP) is 4.46. The minimum absolute atomic E-state index is 0.0250. The van der Waals surface area contributed by atoms with Crippen LogP contribution in [0.2, 0.25) is 0 Å². The molecule has 0 aliphatic carbocycles. The van der Waals surface area contributed by atoms with Gasteiger partial charge in [0.15, 0.2) is 5.16 Å². The molecule has 0 spiro atoms. The fraction of sp³-hybridized carbons (Fsp3) is 0.160. The number of fused-ring (bicyclic) bond motifs is 2. The number of carbonyl (C=O) groups excluding carboxylic acids is 1. The normalized spacial score (nSPS) is 13.9. The van der Waals surface area contributed by atoms with E-state index in [0.717, 1.165) is 17.8 Å². The van der Waals surface area contributed by atoms with Gasteiger partial charge in [0.05, 0.1) is 21.8 Å². The van der Waals surface area contributed by atoms with Crippen molar-refractivity contribution in [2.75, 3.05) is 11.4 Å². The van der Waals surface area contributed by atoms with Gasteiger partial charge in [-0.15, -0.1) is 0 Å². The van der Waals surface area contributed by atoms with Crippen molar-refractivity contribution in [1.29, 1.82) is 0 Å². The number of nitrogens with zero attached hydrogens (tertiary/aromatic N) is 3. The first-order valence-corrected chi connectivity index (χ1v) is 11.1. The number of para-hydroxylation sites is 3. The van der Waals surface area contributed by atoms with Gasteiger partial charge in [-0.3, -0.25) is 14.2 Å². The molecule has 0 bridgehead atoms. The molecule has 0 N–H and O–H groups in total. The van der Waals surface area contributed by atoms with Crippen LogP contribution >= 0.6 is 11.8 Å². The molecule has 154 valence electrons. The molecule has 5 rings (SSSR count).